The first kappa shape index (κ1) is 27.6. The van der Waals surface area contributed by atoms with Gasteiger partial charge in [0.05, 0.1) is 21.4 Å². The Balaban J connectivity index is 1.21. The van der Waals surface area contributed by atoms with Crippen molar-refractivity contribution in [2.45, 2.75) is 0 Å². The van der Waals surface area contributed by atoms with E-state index in [0.29, 0.717) is 0 Å². The van der Waals surface area contributed by atoms with Crippen molar-refractivity contribution in [2.24, 2.45) is 0 Å². The van der Waals surface area contributed by atoms with Gasteiger partial charge in [-0.25, -0.2) is 0 Å². The molecule has 0 aliphatic rings. The highest BCUT2D eigenvalue weighted by molar-refractivity contribution is 7.26. The highest BCUT2D eigenvalue weighted by Gasteiger charge is 2.22. The summed E-state index contributed by atoms with van der Waals surface area (Å²) in [5, 5.41) is 9.58. The SMILES string of the molecule is c1ccc(-n2c3ccccc3c3ccc(N(c4ccc5oc6c7ccccc7ccc6c5c4)c4cccc5c4sc4ccccc45)cc32)cc1. The number of nitrogens with zero attached hydrogens (tertiary/aromatic N) is 2. The number of rotatable bonds is 4. The highest BCUT2D eigenvalue weighted by Crippen LogP contribution is 2.47. The van der Waals surface area contributed by atoms with Crippen LogP contribution in [-0.4, -0.2) is 4.57 Å². The van der Waals surface area contributed by atoms with Crippen LogP contribution in [0.5, 0.6) is 0 Å². The van der Waals surface area contributed by atoms with E-state index in [1.54, 1.807) is 0 Å². The molecule has 0 saturated carbocycles. The maximum Gasteiger partial charge on any atom is 0.143 e. The second-order valence-electron chi connectivity index (χ2n) is 12.9. The van der Waals surface area contributed by atoms with Crippen molar-refractivity contribution in [3.8, 4) is 5.69 Å². The molecule has 4 heteroatoms. The summed E-state index contributed by atoms with van der Waals surface area (Å²) >= 11 is 1.86. The molecule has 11 rings (SSSR count). The minimum atomic E-state index is 0.889. The standard InChI is InChI=1S/C46H28N2OS/c1-2-12-30(13-3-1)48-40-18-8-6-15-34(40)35-25-22-32(28-42(35)48)47(41-19-10-17-38-36-16-7-9-20-44(36)50-46(38)41)31-23-26-43-39(27-31)37-24-21-29-11-4-5-14-33(29)45(37)49-43/h1-28H. The molecule has 0 radical (unpaired) electrons. The highest BCUT2D eigenvalue weighted by atomic mass is 32.1. The van der Waals surface area contributed by atoms with E-state index in [-0.39, 0.29) is 0 Å². The van der Waals surface area contributed by atoms with Crippen molar-refractivity contribution < 1.29 is 4.42 Å². The minimum Gasteiger partial charge on any atom is -0.455 e. The van der Waals surface area contributed by atoms with Gasteiger partial charge in [-0.15, -0.1) is 11.3 Å². The first-order chi connectivity index (χ1) is 24.8. The van der Waals surface area contributed by atoms with E-state index < -0.39 is 0 Å². The number of aromatic nitrogens is 1. The zero-order valence-corrected chi connectivity index (χ0v) is 27.7. The number of fused-ring (bicyclic) bond motifs is 11. The Hall–Kier alpha value is -6.36. The molecule has 0 unspecified atom stereocenters. The quantitative estimate of drug-likeness (QED) is 0.188. The number of thiophene rings is 1. The molecule has 8 aromatic carbocycles. The van der Waals surface area contributed by atoms with Crippen LogP contribution in [0.2, 0.25) is 0 Å². The van der Waals surface area contributed by atoms with Crippen molar-refractivity contribution in [1.29, 1.82) is 0 Å². The van der Waals surface area contributed by atoms with Crippen molar-refractivity contribution in [3.05, 3.63) is 170 Å². The van der Waals surface area contributed by atoms with Gasteiger partial charge in [0, 0.05) is 59.5 Å². The average molecular weight is 657 g/mol. The smallest absolute Gasteiger partial charge is 0.143 e. The van der Waals surface area contributed by atoms with Crippen molar-refractivity contribution in [2.75, 3.05) is 4.90 Å². The van der Waals surface area contributed by atoms with Crippen LogP contribution in [0.25, 0.3) is 80.4 Å². The third-order valence-electron chi connectivity index (χ3n) is 10.2. The first-order valence-electron chi connectivity index (χ1n) is 16.9. The number of benzene rings is 8. The molecule has 3 aromatic heterocycles. The molecule has 3 heterocycles. The van der Waals surface area contributed by atoms with Crippen LogP contribution in [0.15, 0.2) is 174 Å². The van der Waals surface area contributed by atoms with E-state index >= 15 is 0 Å². The summed E-state index contributed by atoms with van der Waals surface area (Å²) < 4.78 is 11.5. The lowest BCUT2D eigenvalue weighted by molar-refractivity contribution is 0.672. The largest absolute Gasteiger partial charge is 0.455 e. The van der Waals surface area contributed by atoms with E-state index in [1.165, 1.54) is 47.4 Å². The van der Waals surface area contributed by atoms with E-state index in [9.17, 15) is 0 Å². The lowest BCUT2D eigenvalue weighted by atomic mass is 10.0. The summed E-state index contributed by atoms with van der Waals surface area (Å²) in [6.45, 7) is 0. The molecule has 0 N–H and O–H groups in total. The van der Waals surface area contributed by atoms with Gasteiger partial charge in [-0.1, -0.05) is 103 Å². The zero-order chi connectivity index (χ0) is 32.8. The van der Waals surface area contributed by atoms with Crippen molar-refractivity contribution in [1.82, 2.24) is 4.57 Å². The summed E-state index contributed by atoms with van der Waals surface area (Å²) in [6.07, 6.45) is 0. The minimum absolute atomic E-state index is 0.889. The summed E-state index contributed by atoms with van der Waals surface area (Å²) in [4.78, 5) is 2.43. The molecule has 0 spiro atoms. The second-order valence-corrected chi connectivity index (χ2v) is 14.0. The molecule has 0 saturated heterocycles. The molecule has 234 valence electrons. The van der Waals surface area contributed by atoms with Gasteiger partial charge in [0.25, 0.3) is 0 Å². The molecule has 3 nitrogen and oxygen atoms in total. The van der Waals surface area contributed by atoms with Gasteiger partial charge < -0.3 is 13.9 Å². The van der Waals surface area contributed by atoms with Gasteiger partial charge in [-0.2, -0.15) is 0 Å². The Labute approximate surface area is 291 Å². The Morgan fingerprint density at radius 3 is 2.08 bits per heavy atom. The molecular formula is C46H28N2OS. The molecule has 11 aromatic rings. The van der Waals surface area contributed by atoms with Gasteiger partial charge in [0.2, 0.25) is 0 Å². The summed E-state index contributed by atoms with van der Waals surface area (Å²) in [5.74, 6) is 0. The molecule has 0 amide bonds. The molecule has 50 heavy (non-hydrogen) atoms. The first-order valence-corrected chi connectivity index (χ1v) is 17.7. The predicted octanol–water partition coefficient (Wildman–Crippen LogP) is 13.7. The fourth-order valence-electron chi connectivity index (χ4n) is 7.92. The second kappa shape index (κ2) is 10.6. The third kappa shape index (κ3) is 3.97. The molecule has 0 aliphatic heterocycles. The lowest BCUT2D eigenvalue weighted by Crippen LogP contribution is -2.10. The Bertz CT molecular complexity index is 3110. The van der Waals surface area contributed by atoms with Crippen LogP contribution in [0, 0.1) is 0 Å². The van der Waals surface area contributed by atoms with E-state index in [2.05, 4.69) is 179 Å². The van der Waals surface area contributed by atoms with Crippen LogP contribution in [0.1, 0.15) is 0 Å². The lowest BCUT2D eigenvalue weighted by Gasteiger charge is -2.26. The number of anilines is 3. The Kier molecular flexibility index (Phi) is 5.83. The van der Waals surface area contributed by atoms with Gasteiger partial charge in [0.15, 0.2) is 0 Å². The molecule has 0 bridgehead atoms. The maximum atomic E-state index is 6.56. The topological polar surface area (TPSA) is 21.3 Å². The van der Waals surface area contributed by atoms with Crippen LogP contribution in [-0.2, 0) is 0 Å². The van der Waals surface area contributed by atoms with E-state index in [1.807, 2.05) is 11.3 Å². The number of furan rings is 1. The predicted molar refractivity (Wildman–Crippen MR) is 213 cm³/mol. The Morgan fingerprint density at radius 1 is 0.460 bits per heavy atom. The summed E-state index contributed by atoms with van der Waals surface area (Å²) in [7, 11) is 0. The maximum absolute atomic E-state index is 6.56. The summed E-state index contributed by atoms with van der Waals surface area (Å²) in [5.41, 5.74) is 8.67. The summed E-state index contributed by atoms with van der Waals surface area (Å²) in [6, 6.07) is 61.3. The van der Waals surface area contributed by atoms with Gasteiger partial charge in [0.1, 0.15) is 11.2 Å². The number of hydrogen-bond acceptors (Lipinski definition) is 3. The number of para-hydroxylation sites is 2. The van der Waals surface area contributed by atoms with Gasteiger partial charge >= 0.3 is 0 Å². The molecule has 0 atom stereocenters. The fraction of sp³-hybridized carbons (Fsp3) is 0. The Morgan fingerprint density at radius 2 is 1.16 bits per heavy atom. The van der Waals surface area contributed by atoms with Gasteiger partial charge in [-0.3, -0.25) is 0 Å². The van der Waals surface area contributed by atoms with Crippen molar-refractivity contribution in [3.63, 3.8) is 0 Å². The fourth-order valence-corrected chi connectivity index (χ4v) is 9.13. The van der Waals surface area contributed by atoms with E-state index in [0.717, 1.165) is 50.1 Å². The monoisotopic (exact) mass is 656 g/mol. The van der Waals surface area contributed by atoms with Crippen LogP contribution in [0.4, 0.5) is 17.1 Å². The van der Waals surface area contributed by atoms with Crippen LogP contribution in [0.3, 0.4) is 0 Å². The van der Waals surface area contributed by atoms with Crippen molar-refractivity contribution >= 4 is 103 Å². The molecule has 0 aliphatic carbocycles. The van der Waals surface area contributed by atoms with Gasteiger partial charge in [-0.05, 0) is 72.1 Å². The van der Waals surface area contributed by atoms with E-state index in [4.69, 9.17) is 4.42 Å². The zero-order valence-electron chi connectivity index (χ0n) is 26.9. The molecular weight excluding hydrogens is 629 g/mol. The third-order valence-corrected chi connectivity index (χ3v) is 11.4. The molecule has 0 fully saturated rings. The normalized spacial score (nSPS) is 12.0. The number of hydrogen-bond donors (Lipinski definition) is 0. The van der Waals surface area contributed by atoms with Crippen LogP contribution < -0.4 is 4.90 Å². The van der Waals surface area contributed by atoms with Crippen LogP contribution >= 0.6 is 11.3 Å². The average Bonchev–Trinajstić information content (AvgIpc) is 3.85.